The Morgan fingerprint density at radius 2 is 1.31 bits per heavy atom. The topological polar surface area (TPSA) is 18.5 Å². The molecule has 1 saturated heterocycles. The summed E-state index contributed by atoms with van der Waals surface area (Å²) in [6, 6.07) is 14.1. The predicted molar refractivity (Wildman–Crippen MR) is 145 cm³/mol. The summed E-state index contributed by atoms with van der Waals surface area (Å²) >= 11 is 0. The van der Waals surface area contributed by atoms with Crippen molar-refractivity contribution >= 4 is 0 Å². The van der Waals surface area contributed by atoms with Crippen molar-refractivity contribution in [2.75, 3.05) is 13.2 Å². The maximum atomic E-state index is 14.9. The van der Waals surface area contributed by atoms with Crippen molar-refractivity contribution in [3.63, 3.8) is 0 Å². The maximum Gasteiger partial charge on any atom is 0.157 e. The Morgan fingerprint density at radius 3 is 1.97 bits per heavy atom. The lowest BCUT2D eigenvalue weighted by Gasteiger charge is -2.29. The molecule has 0 saturated carbocycles. The predicted octanol–water partition coefficient (Wildman–Crippen LogP) is 9.29. The molecule has 1 aliphatic rings. The third-order valence-corrected chi connectivity index (χ3v) is 7.29. The maximum absolute atomic E-state index is 14.9. The third kappa shape index (κ3) is 10.1. The van der Waals surface area contributed by atoms with Crippen LogP contribution < -0.4 is 0 Å². The van der Waals surface area contributed by atoms with Gasteiger partial charge in [-0.25, -0.2) is 4.39 Å². The van der Waals surface area contributed by atoms with Crippen LogP contribution >= 0.6 is 0 Å². The zero-order valence-electron chi connectivity index (χ0n) is 22.2. The zero-order valence-corrected chi connectivity index (χ0v) is 22.2. The summed E-state index contributed by atoms with van der Waals surface area (Å²) < 4.78 is 26.8. The minimum Gasteiger partial charge on any atom is -0.352 e. The van der Waals surface area contributed by atoms with E-state index in [4.69, 9.17) is 9.47 Å². The van der Waals surface area contributed by atoms with Crippen molar-refractivity contribution in [1.29, 1.82) is 0 Å². The molecule has 2 aromatic rings. The lowest BCUT2D eigenvalue weighted by molar-refractivity contribution is -0.203. The van der Waals surface area contributed by atoms with Gasteiger partial charge in [-0.2, -0.15) is 0 Å². The standard InChI is InChI=1S/C32H47FO2/c1-3-5-7-9-11-13-26-15-19-29(20-16-26)30-21-17-27(23-31(30)33)18-22-32-34-24-28(25-35-32)14-12-10-8-6-4-2/h15-17,19-21,23,28,32H,3-14,18,22,24-25H2,1-2H3. The summed E-state index contributed by atoms with van der Waals surface area (Å²) in [4.78, 5) is 0. The van der Waals surface area contributed by atoms with Gasteiger partial charge in [0.2, 0.25) is 0 Å². The average Bonchev–Trinajstić information content (AvgIpc) is 2.88. The van der Waals surface area contributed by atoms with Gasteiger partial charge in [0.05, 0.1) is 13.2 Å². The van der Waals surface area contributed by atoms with Gasteiger partial charge in [-0.1, -0.05) is 108 Å². The van der Waals surface area contributed by atoms with Crippen molar-refractivity contribution in [1.82, 2.24) is 0 Å². The van der Waals surface area contributed by atoms with Crippen molar-refractivity contribution in [3.05, 3.63) is 59.4 Å². The molecular weight excluding hydrogens is 435 g/mol. The molecule has 35 heavy (non-hydrogen) atoms. The minimum absolute atomic E-state index is 0.150. The molecule has 0 radical (unpaired) electrons. The molecule has 2 aromatic carbocycles. The summed E-state index contributed by atoms with van der Waals surface area (Å²) in [6.07, 6.45) is 16.7. The number of ether oxygens (including phenoxy) is 2. The molecule has 3 heteroatoms. The first kappa shape index (κ1) is 27.9. The van der Waals surface area contributed by atoms with Crippen LogP contribution in [0.5, 0.6) is 0 Å². The molecule has 1 fully saturated rings. The molecule has 1 aliphatic heterocycles. The molecule has 0 amide bonds. The summed E-state index contributed by atoms with van der Waals surface area (Å²) in [7, 11) is 0. The SMILES string of the molecule is CCCCCCCc1ccc(-c2ccc(CCC3OCC(CCCCCCC)CO3)cc2F)cc1. The summed E-state index contributed by atoms with van der Waals surface area (Å²) in [5.74, 6) is 0.375. The van der Waals surface area contributed by atoms with Crippen molar-refractivity contribution < 1.29 is 13.9 Å². The number of rotatable bonds is 16. The van der Waals surface area contributed by atoms with Gasteiger partial charge in [-0.3, -0.25) is 0 Å². The highest BCUT2D eigenvalue weighted by molar-refractivity contribution is 5.64. The fourth-order valence-electron chi connectivity index (χ4n) is 4.97. The normalized spacial score (nSPS) is 18.1. The molecule has 0 spiro atoms. The van der Waals surface area contributed by atoms with Crippen LogP contribution in [0.3, 0.4) is 0 Å². The highest BCUT2D eigenvalue weighted by Gasteiger charge is 2.22. The fraction of sp³-hybridized carbons (Fsp3) is 0.625. The molecule has 3 rings (SSSR count). The van der Waals surface area contributed by atoms with Crippen LogP contribution in [0.4, 0.5) is 4.39 Å². The van der Waals surface area contributed by atoms with E-state index in [-0.39, 0.29) is 12.1 Å². The highest BCUT2D eigenvalue weighted by Crippen LogP contribution is 2.26. The van der Waals surface area contributed by atoms with E-state index in [9.17, 15) is 4.39 Å². The van der Waals surface area contributed by atoms with E-state index in [0.29, 0.717) is 11.5 Å². The van der Waals surface area contributed by atoms with Crippen molar-refractivity contribution in [2.45, 2.75) is 110 Å². The average molecular weight is 483 g/mol. The second-order valence-electron chi connectivity index (χ2n) is 10.4. The third-order valence-electron chi connectivity index (χ3n) is 7.29. The minimum atomic E-state index is -0.163. The van der Waals surface area contributed by atoms with Crippen LogP contribution in [0, 0.1) is 11.7 Å². The Labute approximate surface area is 213 Å². The molecule has 1 heterocycles. The number of hydrogen-bond donors (Lipinski definition) is 0. The van der Waals surface area contributed by atoms with Crippen LogP contribution in [0.2, 0.25) is 0 Å². The largest absolute Gasteiger partial charge is 0.352 e. The van der Waals surface area contributed by atoms with Gasteiger partial charge in [-0.05, 0) is 48.4 Å². The van der Waals surface area contributed by atoms with Crippen LogP contribution in [0.1, 0.15) is 102 Å². The van der Waals surface area contributed by atoms with Gasteiger partial charge < -0.3 is 9.47 Å². The number of unbranched alkanes of at least 4 members (excludes halogenated alkanes) is 8. The Hall–Kier alpha value is -1.71. The quantitative estimate of drug-likeness (QED) is 0.222. The molecule has 0 aliphatic carbocycles. The summed E-state index contributed by atoms with van der Waals surface area (Å²) in [5.41, 5.74) is 3.97. The Morgan fingerprint density at radius 1 is 0.686 bits per heavy atom. The van der Waals surface area contributed by atoms with Gasteiger partial charge in [0.1, 0.15) is 5.82 Å². The van der Waals surface area contributed by atoms with Gasteiger partial charge in [0, 0.05) is 17.9 Å². The van der Waals surface area contributed by atoms with E-state index in [1.165, 1.54) is 76.2 Å². The monoisotopic (exact) mass is 482 g/mol. The first-order valence-electron chi connectivity index (χ1n) is 14.3. The van der Waals surface area contributed by atoms with Crippen molar-refractivity contribution in [3.8, 4) is 11.1 Å². The summed E-state index contributed by atoms with van der Waals surface area (Å²) in [6.45, 7) is 6.08. The van der Waals surface area contributed by atoms with Crippen LogP contribution in [-0.4, -0.2) is 19.5 Å². The molecule has 0 N–H and O–H groups in total. The molecule has 2 nitrogen and oxygen atoms in total. The molecular formula is C32H47FO2. The molecule has 194 valence electrons. The van der Waals surface area contributed by atoms with E-state index in [1.807, 2.05) is 12.1 Å². The van der Waals surface area contributed by atoms with E-state index in [1.54, 1.807) is 6.07 Å². The molecule has 0 bridgehead atoms. The van der Waals surface area contributed by atoms with Gasteiger partial charge in [0.15, 0.2) is 6.29 Å². The molecule has 0 unspecified atom stereocenters. The Bertz CT molecular complexity index is 824. The number of aryl methyl sites for hydroxylation is 2. The zero-order chi connectivity index (χ0) is 24.7. The Balaban J connectivity index is 1.39. The highest BCUT2D eigenvalue weighted by atomic mass is 19.1. The van der Waals surface area contributed by atoms with Crippen LogP contribution in [0.25, 0.3) is 11.1 Å². The number of halogens is 1. The second-order valence-corrected chi connectivity index (χ2v) is 10.4. The second kappa shape index (κ2) is 16.1. The summed E-state index contributed by atoms with van der Waals surface area (Å²) in [5, 5.41) is 0. The van der Waals surface area contributed by atoms with E-state index < -0.39 is 0 Å². The smallest absolute Gasteiger partial charge is 0.157 e. The molecule has 0 aromatic heterocycles. The first-order chi connectivity index (χ1) is 17.2. The van der Waals surface area contributed by atoms with Crippen molar-refractivity contribution in [2.24, 2.45) is 5.92 Å². The van der Waals surface area contributed by atoms with E-state index in [2.05, 4.69) is 38.1 Å². The lowest BCUT2D eigenvalue weighted by Crippen LogP contribution is -2.32. The van der Waals surface area contributed by atoms with E-state index in [0.717, 1.165) is 43.6 Å². The van der Waals surface area contributed by atoms with Gasteiger partial charge in [-0.15, -0.1) is 0 Å². The number of hydrogen-bond acceptors (Lipinski definition) is 2. The van der Waals surface area contributed by atoms with Crippen LogP contribution in [0.15, 0.2) is 42.5 Å². The fourth-order valence-corrected chi connectivity index (χ4v) is 4.97. The number of benzene rings is 2. The Kier molecular flexibility index (Phi) is 12.8. The first-order valence-corrected chi connectivity index (χ1v) is 14.3. The lowest BCUT2D eigenvalue weighted by atomic mass is 9.98. The van der Waals surface area contributed by atoms with Gasteiger partial charge in [0.25, 0.3) is 0 Å². The van der Waals surface area contributed by atoms with E-state index >= 15 is 0 Å². The van der Waals surface area contributed by atoms with Crippen LogP contribution in [-0.2, 0) is 22.3 Å². The van der Waals surface area contributed by atoms with Gasteiger partial charge >= 0.3 is 0 Å². The molecule has 0 atom stereocenters.